The van der Waals surface area contributed by atoms with Crippen molar-refractivity contribution in [1.82, 2.24) is 13.9 Å². The largest absolute Gasteiger partial charge is 0.261 e. The Kier molecular flexibility index (Phi) is 2.91. The molecule has 0 spiro atoms. The lowest BCUT2D eigenvalue weighted by Crippen LogP contribution is -2.18. The molecule has 0 radical (unpaired) electrons. The highest BCUT2D eigenvalue weighted by atomic mass is 32.1. The minimum atomic E-state index is -0.280. The fraction of sp³-hybridized carbons (Fsp3) is 0.333. The van der Waals surface area contributed by atoms with Crippen LogP contribution in [0.1, 0.15) is 12.8 Å². The molecule has 0 saturated carbocycles. The summed E-state index contributed by atoms with van der Waals surface area (Å²) < 4.78 is 20.4. The third-order valence-corrected chi connectivity index (χ3v) is 3.96. The van der Waals surface area contributed by atoms with Gasteiger partial charge in [0.2, 0.25) is 9.54 Å². The Morgan fingerprint density at radius 3 is 2.17 bits per heavy atom. The van der Waals surface area contributed by atoms with Crippen molar-refractivity contribution in [2.75, 3.05) is 0 Å². The normalized spacial score (nSPS) is 14.5. The lowest BCUT2D eigenvalue weighted by molar-refractivity contribution is 0.357. The van der Waals surface area contributed by atoms with Crippen LogP contribution in [0.15, 0.2) is 24.3 Å². The Morgan fingerprint density at radius 2 is 1.61 bits per heavy atom. The van der Waals surface area contributed by atoms with E-state index in [1.165, 1.54) is 12.1 Å². The van der Waals surface area contributed by atoms with E-state index < -0.39 is 0 Å². The van der Waals surface area contributed by atoms with Crippen molar-refractivity contribution in [3.8, 4) is 5.69 Å². The molecule has 94 valence electrons. The third kappa shape index (κ3) is 1.76. The maximum Gasteiger partial charge on any atom is 0.201 e. The number of rotatable bonds is 1. The molecule has 2 heterocycles. The summed E-state index contributed by atoms with van der Waals surface area (Å²) in [5, 5.41) is 0. The van der Waals surface area contributed by atoms with Crippen molar-refractivity contribution in [3.05, 3.63) is 39.6 Å². The Hall–Kier alpha value is -1.27. The molecular weight excluding hydrogens is 269 g/mol. The molecule has 18 heavy (non-hydrogen) atoms. The minimum absolute atomic E-state index is 0.280. The summed E-state index contributed by atoms with van der Waals surface area (Å²) in [6.45, 7) is 1.76. The van der Waals surface area contributed by atoms with Gasteiger partial charge in [-0.05, 0) is 55.5 Å². The van der Waals surface area contributed by atoms with Crippen molar-refractivity contribution in [2.24, 2.45) is 0 Å². The van der Waals surface area contributed by atoms with Crippen LogP contribution in [0.25, 0.3) is 5.69 Å². The van der Waals surface area contributed by atoms with Gasteiger partial charge < -0.3 is 0 Å². The van der Waals surface area contributed by atoms with E-state index in [4.69, 9.17) is 24.4 Å². The molecule has 1 aliphatic rings. The molecule has 0 unspecified atom stereocenters. The molecule has 0 aliphatic carbocycles. The van der Waals surface area contributed by atoms with Crippen molar-refractivity contribution in [1.29, 1.82) is 0 Å². The van der Waals surface area contributed by atoms with Crippen LogP contribution in [-0.2, 0) is 13.1 Å². The van der Waals surface area contributed by atoms with Crippen molar-refractivity contribution in [2.45, 2.75) is 25.9 Å². The standard InChI is InChI=1S/C12H12FN3S2/c13-9-4-3-5-10(8-9)16-11(17)14-6-1-2-7-15(14)12(16)18/h3-5,8H,1-2,6-7H2. The van der Waals surface area contributed by atoms with E-state index in [9.17, 15) is 4.39 Å². The number of benzene rings is 1. The van der Waals surface area contributed by atoms with E-state index >= 15 is 0 Å². The van der Waals surface area contributed by atoms with Crippen molar-refractivity contribution >= 4 is 24.4 Å². The smallest absolute Gasteiger partial charge is 0.201 e. The molecule has 3 nitrogen and oxygen atoms in total. The Labute approximate surface area is 114 Å². The van der Waals surface area contributed by atoms with Crippen LogP contribution in [-0.4, -0.2) is 13.9 Å². The molecule has 0 N–H and O–H groups in total. The van der Waals surface area contributed by atoms with Gasteiger partial charge in [0.1, 0.15) is 5.82 Å². The van der Waals surface area contributed by atoms with Crippen molar-refractivity contribution < 1.29 is 4.39 Å². The highest BCUT2D eigenvalue weighted by molar-refractivity contribution is 7.72. The van der Waals surface area contributed by atoms with Gasteiger partial charge >= 0.3 is 0 Å². The van der Waals surface area contributed by atoms with Gasteiger partial charge in [0.15, 0.2) is 0 Å². The molecule has 1 aliphatic heterocycles. The molecule has 0 saturated heterocycles. The molecule has 1 aromatic carbocycles. The summed E-state index contributed by atoms with van der Waals surface area (Å²) in [5.74, 6) is -0.280. The van der Waals surface area contributed by atoms with Crippen LogP contribution in [0.5, 0.6) is 0 Å². The average molecular weight is 281 g/mol. The van der Waals surface area contributed by atoms with E-state index in [1.807, 2.05) is 15.4 Å². The zero-order valence-corrected chi connectivity index (χ0v) is 11.3. The second-order valence-electron chi connectivity index (χ2n) is 4.33. The molecule has 0 atom stereocenters. The van der Waals surface area contributed by atoms with Crippen molar-refractivity contribution in [3.63, 3.8) is 0 Å². The summed E-state index contributed by atoms with van der Waals surface area (Å²) >= 11 is 10.9. The van der Waals surface area contributed by atoms with E-state index in [0.29, 0.717) is 15.2 Å². The molecule has 0 bridgehead atoms. The second kappa shape index (κ2) is 4.44. The predicted molar refractivity (Wildman–Crippen MR) is 72.6 cm³/mol. The van der Waals surface area contributed by atoms with E-state index in [-0.39, 0.29) is 5.82 Å². The zero-order valence-electron chi connectivity index (χ0n) is 9.67. The van der Waals surface area contributed by atoms with Gasteiger partial charge in [0.05, 0.1) is 5.69 Å². The Morgan fingerprint density at radius 1 is 1.00 bits per heavy atom. The first-order valence-corrected chi connectivity index (χ1v) is 6.69. The number of hydrogen-bond acceptors (Lipinski definition) is 2. The molecule has 2 aromatic rings. The number of fused-ring (bicyclic) bond motifs is 1. The molecule has 0 fully saturated rings. The Bertz CT molecular complexity index is 673. The highest BCUT2D eigenvalue weighted by Gasteiger charge is 2.15. The summed E-state index contributed by atoms with van der Waals surface area (Å²) in [7, 11) is 0. The lowest BCUT2D eigenvalue weighted by atomic mass is 10.3. The summed E-state index contributed by atoms with van der Waals surface area (Å²) in [5.41, 5.74) is 0.694. The third-order valence-electron chi connectivity index (χ3n) is 3.17. The molecule has 6 heteroatoms. The minimum Gasteiger partial charge on any atom is -0.261 e. The van der Waals surface area contributed by atoms with Crippen LogP contribution < -0.4 is 0 Å². The average Bonchev–Trinajstić information content (AvgIpc) is 2.63. The molecule has 1 aromatic heterocycles. The van der Waals surface area contributed by atoms with Gasteiger partial charge in [-0.25, -0.2) is 4.39 Å². The van der Waals surface area contributed by atoms with E-state index in [2.05, 4.69) is 0 Å². The topological polar surface area (TPSA) is 14.8 Å². The van der Waals surface area contributed by atoms with Crippen LogP contribution in [0, 0.1) is 15.4 Å². The predicted octanol–water partition coefficient (Wildman–Crippen LogP) is 3.47. The van der Waals surface area contributed by atoms with Gasteiger partial charge in [-0.3, -0.25) is 13.9 Å². The SMILES string of the molecule is Fc1cccc(-n2c(=S)n3n(c2=S)CCCC3)c1. The number of hydrogen-bond donors (Lipinski definition) is 0. The first-order chi connectivity index (χ1) is 8.68. The van der Waals surface area contributed by atoms with Crippen LogP contribution in [0.2, 0.25) is 0 Å². The number of nitrogens with zero attached hydrogens (tertiary/aromatic N) is 3. The zero-order chi connectivity index (χ0) is 12.7. The van der Waals surface area contributed by atoms with E-state index in [0.717, 1.165) is 25.9 Å². The maximum absolute atomic E-state index is 13.3. The maximum atomic E-state index is 13.3. The fourth-order valence-corrected chi connectivity index (χ4v) is 3.13. The monoisotopic (exact) mass is 281 g/mol. The highest BCUT2D eigenvalue weighted by Crippen LogP contribution is 2.17. The summed E-state index contributed by atoms with van der Waals surface area (Å²) in [4.78, 5) is 0. The van der Waals surface area contributed by atoms with Crippen LogP contribution >= 0.6 is 24.4 Å². The van der Waals surface area contributed by atoms with Gasteiger partial charge in [-0.2, -0.15) is 0 Å². The van der Waals surface area contributed by atoms with Gasteiger partial charge in [-0.15, -0.1) is 0 Å². The van der Waals surface area contributed by atoms with Gasteiger partial charge in [0.25, 0.3) is 0 Å². The summed E-state index contributed by atoms with van der Waals surface area (Å²) in [6, 6.07) is 6.36. The fourth-order valence-electron chi connectivity index (χ4n) is 2.31. The second-order valence-corrected chi connectivity index (χ2v) is 5.06. The number of halogens is 1. The molecular formula is C12H12FN3S2. The Balaban J connectivity index is 2.28. The van der Waals surface area contributed by atoms with Crippen LogP contribution in [0.4, 0.5) is 4.39 Å². The van der Waals surface area contributed by atoms with Gasteiger partial charge in [-0.1, -0.05) is 6.07 Å². The lowest BCUT2D eigenvalue weighted by Gasteiger charge is -2.15. The quantitative estimate of drug-likeness (QED) is 0.743. The molecule has 3 rings (SSSR count). The first kappa shape index (κ1) is 11.8. The molecule has 0 amide bonds. The van der Waals surface area contributed by atoms with Gasteiger partial charge in [0, 0.05) is 13.1 Å². The van der Waals surface area contributed by atoms with Crippen LogP contribution in [0.3, 0.4) is 0 Å². The first-order valence-electron chi connectivity index (χ1n) is 5.87. The summed E-state index contributed by atoms with van der Waals surface area (Å²) in [6.07, 6.45) is 2.21. The van der Waals surface area contributed by atoms with E-state index in [1.54, 1.807) is 10.6 Å². The number of aromatic nitrogens is 3.